The number of quaternary nitrogens is 1. The fourth-order valence-electron chi connectivity index (χ4n) is 5.26. The average molecular weight is 502 g/mol. The summed E-state index contributed by atoms with van der Waals surface area (Å²) >= 11 is 0. The van der Waals surface area contributed by atoms with Crippen LogP contribution in [-0.2, 0) is 0 Å². The molecule has 0 aliphatic heterocycles. The third-order valence-electron chi connectivity index (χ3n) is 7.65. The summed E-state index contributed by atoms with van der Waals surface area (Å²) in [4.78, 5) is 1.94. The van der Waals surface area contributed by atoms with Gasteiger partial charge in [-0.05, 0) is 38.5 Å². The molecule has 0 saturated heterocycles. The number of rotatable bonds is 29. The lowest BCUT2D eigenvalue weighted by atomic mass is 10.1. The minimum Gasteiger partial charge on any atom is -1.00 e. The number of nitrogens with one attached hydrogen (secondary N) is 1. The molecule has 208 valence electrons. The molecule has 0 spiro atoms. The van der Waals surface area contributed by atoms with Gasteiger partial charge < -0.3 is 17.3 Å². The molecule has 0 aliphatic carbocycles. The maximum atomic E-state index is 2.32. The summed E-state index contributed by atoms with van der Waals surface area (Å²) < 4.78 is 0. The van der Waals surface area contributed by atoms with Gasteiger partial charge in [0, 0.05) is 0 Å². The summed E-state index contributed by atoms with van der Waals surface area (Å²) in [6.07, 6.45) is 37.9. The summed E-state index contributed by atoms with van der Waals surface area (Å²) in [5, 5.41) is 0. The Bertz CT molecular complexity index is 313. The largest absolute Gasteiger partial charge is 1.00 e. The van der Waals surface area contributed by atoms with Gasteiger partial charge in [-0.1, -0.05) is 149 Å². The van der Waals surface area contributed by atoms with Crippen LogP contribution in [-0.4, -0.2) is 19.6 Å². The van der Waals surface area contributed by atoms with Gasteiger partial charge in [-0.3, -0.25) is 0 Å². The van der Waals surface area contributed by atoms with Gasteiger partial charge in [0.25, 0.3) is 0 Å². The molecule has 0 aromatic carbocycles. The summed E-state index contributed by atoms with van der Waals surface area (Å²) in [6, 6.07) is 0. The molecule has 0 bridgehead atoms. The van der Waals surface area contributed by atoms with Crippen LogP contribution in [0.15, 0.2) is 0 Å². The first-order chi connectivity index (χ1) is 16.3. The van der Waals surface area contributed by atoms with Crippen LogP contribution in [0, 0.1) is 0 Å². The molecule has 34 heavy (non-hydrogen) atoms. The zero-order valence-corrected chi connectivity index (χ0v) is 25.1. The third-order valence-corrected chi connectivity index (χ3v) is 7.65. The van der Waals surface area contributed by atoms with Crippen molar-refractivity contribution in [3.8, 4) is 0 Å². The van der Waals surface area contributed by atoms with Gasteiger partial charge in [0.05, 0.1) is 19.6 Å². The Morgan fingerprint density at radius 3 is 0.647 bits per heavy atom. The Hall–Kier alpha value is 0.250. The fraction of sp³-hybridized carbons (Fsp3) is 1.00. The lowest BCUT2D eigenvalue weighted by Crippen LogP contribution is -3.12. The van der Waals surface area contributed by atoms with Crippen LogP contribution < -0.4 is 17.3 Å². The fourth-order valence-corrected chi connectivity index (χ4v) is 5.26. The van der Waals surface area contributed by atoms with E-state index in [4.69, 9.17) is 0 Å². The van der Waals surface area contributed by atoms with Crippen LogP contribution in [0.5, 0.6) is 0 Å². The van der Waals surface area contributed by atoms with Crippen LogP contribution in [0.25, 0.3) is 0 Å². The second-order valence-electron chi connectivity index (χ2n) is 11.1. The van der Waals surface area contributed by atoms with Gasteiger partial charge in [-0.2, -0.15) is 0 Å². The van der Waals surface area contributed by atoms with Crippen molar-refractivity contribution in [2.75, 3.05) is 19.6 Å². The van der Waals surface area contributed by atoms with Crippen LogP contribution in [0.4, 0.5) is 0 Å². The van der Waals surface area contributed by atoms with E-state index in [2.05, 4.69) is 20.8 Å². The van der Waals surface area contributed by atoms with Gasteiger partial charge in [0.2, 0.25) is 0 Å². The lowest BCUT2D eigenvalue weighted by molar-refractivity contribution is -0.900. The molecule has 0 rings (SSSR count). The molecule has 1 nitrogen and oxygen atoms in total. The van der Waals surface area contributed by atoms with Crippen molar-refractivity contribution in [1.82, 2.24) is 0 Å². The van der Waals surface area contributed by atoms with E-state index in [0.29, 0.717) is 0 Å². The monoisotopic (exact) mass is 502 g/mol. The minimum atomic E-state index is 0. The first-order valence-corrected chi connectivity index (χ1v) is 16.2. The third kappa shape index (κ3) is 30.3. The van der Waals surface area contributed by atoms with Crippen LogP contribution in [0.1, 0.15) is 188 Å². The van der Waals surface area contributed by atoms with Crippen molar-refractivity contribution in [3.63, 3.8) is 0 Å². The predicted octanol–water partition coefficient (Wildman–Crippen LogP) is 7.08. The summed E-state index contributed by atoms with van der Waals surface area (Å²) in [5.41, 5.74) is 0. The van der Waals surface area contributed by atoms with E-state index < -0.39 is 0 Å². The first-order valence-electron chi connectivity index (χ1n) is 16.2. The van der Waals surface area contributed by atoms with E-state index in [-0.39, 0.29) is 12.4 Å². The van der Waals surface area contributed by atoms with Crippen LogP contribution >= 0.6 is 0 Å². The highest BCUT2D eigenvalue weighted by molar-refractivity contribution is 4.50. The Kier molecular flexibility index (Phi) is 35.6. The molecule has 0 aromatic heterocycles. The smallest absolute Gasteiger partial charge is 0.0770 e. The van der Waals surface area contributed by atoms with Gasteiger partial charge in [-0.15, -0.1) is 0 Å². The minimum absolute atomic E-state index is 0. The molecular weight excluding hydrogens is 434 g/mol. The predicted molar refractivity (Wildman–Crippen MR) is 153 cm³/mol. The molecule has 0 aliphatic rings. The van der Waals surface area contributed by atoms with E-state index in [0.717, 1.165) is 0 Å². The number of hydrogen-bond acceptors (Lipinski definition) is 0. The SMILES string of the molecule is CCCCCCCCCCCC[NH+](CCCCCCCCCC)CCCCCCCCCC.[Cl-]. The van der Waals surface area contributed by atoms with Gasteiger partial charge in [-0.25, -0.2) is 0 Å². The molecule has 0 saturated carbocycles. The van der Waals surface area contributed by atoms with E-state index in [1.165, 1.54) is 187 Å². The highest BCUT2D eigenvalue weighted by Crippen LogP contribution is 2.11. The van der Waals surface area contributed by atoms with Crippen molar-refractivity contribution in [2.45, 2.75) is 188 Å². The molecule has 0 atom stereocenters. The lowest BCUT2D eigenvalue weighted by Gasteiger charge is -2.20. The van der Waals surface area contributed by atoms with E-state index in [1.54, 1.807) is 0 Å². The first kappa shape index (κ1) is 36.4. The number of hydrogen-bond donors (Lipinski definition) is 1. The Balaban J connectivity index is 0. The Labute approximate surface area is 224 Å². The maximum Gasteiger partial charge on any atom is 0.0770 e. The highest BCUT2D eigenvalue weighted by atomic mass is 35.5. The molecule has 0 fully saturated rings. The number of unbranched alkanes of at least 4 members (excludes halogenated alkanes) is 23. The van der Waals surface area contributed by atoms with Crippen LogP contribution in [0.2, 0.25) is 0 Å². The Morgan fingerprint density at radius 2 is 0.441 bits per heavy atom. The molecule has 0 amide bonds. The molecule has 0 heterocycles. The topological polar surface area (TPSA) is 4.44 Å². The highest BCUT2D eigenvalue weighted by Gasteiger charge is 2.08. The maximum absolute atomic E-state index is 2.32. The normalized spacial score (nSPS) is 11.3. The Morgan fingerprint density at radius 1 is 0.265 bits per heavy atom. The molecular formula is C32H68ClN. The van der Waals surface area contributed by atoms with Crippen molar-refractivity contribution in [1.29, 1.82) is 0 Å². The van der Waals surface area contributed by atoms with Crippen molar-refractivity contribution < 1.29 is 17.3 Å². The van der Waals surface area contributed by atoms with Crippen molar-refractivity contribution >= 4 is 0 Å². The standard InChI is InChI=1S/C32H67N.ClH/c1-4-7-10-13-16-19-20-23-26-29-32-33(30-27-24-21-17-14-11-8-5-2)31-28-25-22-18-15-12-9-6-3;/h4-32H2,1-3H3;1H. The average Bonchev–Trinajstić information content (AvgIpc) is 2.83. The quantitative estimate of drug-likeness (QED) is 0.104. The number of halogens is 1. The zero-order valence-electron chi connectivity index (χ0n) is 24.4. The molecule has 1 N–H and O–H groups in total. The van der Waals surface area contributed by atoms with E-state index in [1.807, 2.05) is 4.90 Å². The summed E-state index contributed by atoms with van der Waals surface area (Å²) in [5.74, 6) is 0. The summed E-state index contributed by atoms with van der Waals surface area (Å²) in [6.45, 7) is 11.3. The molecule has 0 radical (unpaired) electrons. The van der Waals surface area contributed by atoms with Gasteiger partial charge >= 0.3 is 0 Å². The van der Waals surface area contributed by atoms with Crippen molar-refractivity contribution in [2.24, 2.45) is 0 Å². The van der Waals surface area contributed by atoms with E-state index >= 15 is 0 Å². The van der Waals surface area contributed by atoms with E-state index in [9.17, 15) is 0 Å². The second-order valence-corrected chi connectivity index (χ2v) is 11.1. The summed E-state index contributed by atoms with van der Waals surface area (Å²) in [7, 11) is 0. The second kappa shape index (κ2) is 33.2. The molecule has 0 unspecified atom stereocenters. The zero-order chi connectivity index (χ0) is 24.1. The van der Waals surface area contributed by atoms with Crippen LogP contribution in [0.3, 0.4) is 0 Å². The molecule has 2 heteroatoms. The van der Waals surface area contributed by atoms with Gasteiger partial charge in [0.15, 0.2) is 0 Å². The van der Waals surface area contributed by atoms with Gasteiger partial charge in [0.1, 0.15) is 0 Å². The molecule has 0 aromatic rings. The van der Waals surface area contributed by atoms with Crippen molar-refractivity contribution in [3.05, 3.63) is 0 Å².